The number of nitrogens with one attached hydrogen (secondary N) is 1. The number of carbonyl (C=O) groups excluding carboxylic acids is 1. The molecule has 0 aromatic heterocycles. The maximum absolute atomic E-state index is 10.8. The third-order valence-corrected chi connectivity index (χ3v) is 2.86. The van der Waals surface area contributed by atoms with E-state index in [4.69, 9.17) is 9.47 Å². The molecule has 1 N–H and O–H groups in total. The Bertz CT molecular complexity index is 237. The van der Waals surface area contributed by atoms with E-state index in [0.717, 1.165) is 37.3 Å². The summed E-state index contributed by atoms with van der Waals surface area (Å²) < 4.78 is 11.6. The van der Waals surface area contributed by atoms with Gasteiger partial charge in [0.05, 0.1) is 26.9 Å². The van der Waals surface area contributed by atoms with Gasteiger partial charge in [-0.3, -0.25) is 4.79 Å². The van der Waals surface area contributed by atoms with E-state index < -0.39 is 0 Å². The summed E-state index contributed by atoms with van der Waals surface area (Å²) in [6.45, 7) is 8.92. The molecule has 0 radical (unpaired) electrons. The lowest BCUT2D eigenvalue weighted by Crippen LogP contribution is -2.53. The summed E-state index contributed by atoms with van der Waals surface area (Å²) >= 11 is 0. The first-order valence-corrected chi connectivity index (χ1v) is 5.56. The van der Waals surface area contributed by atoms with Crippen LogP contribution in [0.3, 0.4) is 0 Å². The van der Waals surface area contributed by atoms with E-state index in [9.17, 15) is 4.79 Å². The first kappa shape index (κ1) is 13.2. The zero-order chi connectivity index (χ0) is 11.9. The smallest absolute Gasteiger partial charge is 0.245 e. The van der Waals surface area contributed by atoms with Gasteiger partial charge in [-0.15, -0.1) is 0 Å². The highest BCUT2D eigenvalue weighted by molar-refractivity contribution is 5.86. The lowest BCUT2D eigenvalue weighted by Gasteiger charge is -2.37. The Morgan fingerprint density at radius 3 is 2.88 bits per heavy atom. The number of hydrogen-bond donors (Lipinski definition) is 1. The highest BCUT2D eigenvalue weighted by Crippen LogP contribution is 2.06. The molecular formula is C11H21N2O3+. The molecule has 0 aromatic carbocycles. The van der Waals surface area contributed by atoms with E-state index >= 15 is 0 Å². The van der Waals surface area contributed by atoms with Crippen molar-refractivity contribution in [1.82, 2.24) is 5.32 Å². The molecule has 0 atom stereocenters. The zero-order valence-electron chi connectivity index (χ0n) is 9.91. The van der Waals surface area contributed by atoms with Crippen molar-refractivity contribution in [3.63, 3.8) is 0 Å². The van der Waals surface area contributed by atoms with Gasteiger partial charge >= 0.3 is 0 Å². The Balaban J connectivity index is 2.05. The van der Waals surface area contributed by atoms with Crippen LogP contribution in [0.2, 0.25) is 0 Å². The van der Waals surface area contributed by atoms with Gasteiger partial charge in [-0.2, -0.15) is 0 Å². The zero-order valence-corrected chi connectivity index (χ0v) is 9.91. The van der Waals surface area contributed by atoms with Crippen LogP contribution in [0.1, 0.15) is 0 Å². The molecule has 0 saturated carbocycles. The van der Waals surface area contributed by atoms with Gasteiger partial charge in [0.25, 0.3) is 0 Å². The molecule has 92 valence electrons. The van der Waals surface area contributed by atoms with Gasteiger partial charge in [0.1, 0.15) is 26.4 Å². The van der Waals surface area contributed by atoms with Gasteiger partial charge in [0.2, 0.25) is 5.91 Å². The Morgan fingerprint density at radius 1 is 1.56 bits per heavy atom. The normalized spacial score (nSPS) is 19.1. The van der Waals surface area contributed by atoms with Crippen molar-refractivity contribution in [2.24, 2.45) is 0 Å². The number of carbonyl (C=O) groups is 1. The third kappa shape index (κ3) is 4.74. The summed E-state index contributed by atoms with van der Waals surface area (Å²) in [4.78, 5) is 10.8. The average molecular weight is 229 g/mol. The van der Waals surface area contributed by atoms with Crippen LogP contribution in [0.5, 0.6) is 0 Å². The third-order valence-electron chi connectivity index (χ3n) is 2.86. The van der Waals surface area contributed by atoms with Gasteiger partial charge in [0.15, 0.2) is 0 Å². The maximum Gasteiger partial charge on any atom is 0.245 e. The van der Waals surface area contributed by atoms with Crippen molar-refractivity contribution in [3.8, 4) is 0 Å². The Hall–Kier alpha value is -0.910. The molecule has 1 amide bonds. The summed E-state index contributed by atoms with van der Waals surface area (Å²) in [5.74, 6) is -0.202. The second-order valence-electron chi connectivity index (χ2n) is 4.20. The predicted octanol–water partition coefficient (Wildman–Crippen LogP) is -0.260. The second-order valence-corrected chi connectivity index (χ2v) is 4.20. The summed E-state index contributed by atoms with van der Waals surface area (Å²) in [6.07, 6.45) is 1.24. The van der Waals surface area contributed by atoms with Crippen molar-refractivity contribution in [3.05, 3.63) is 12.7 Å². The van der Waals surface area contributed by atoms with Crippen LogP contribution in [-0.4, -0.2) is 63.6 Å². The van der Waals surface area contributed by atoms with Gasteiger partial charge in [-0.1, -0.05) is 6.58 Å². The monoisotopic (exact) mass is 229 g/mol. The van der Waals surface area contributed by atoms with Crippen LogP contribution in [0.15, 0.2) is 12.7 Å². The maximum atomic E-state index is 10.8. The molecule has 0 spiro atoms. The van der Waals surface area contributed by atoms with E-state index in [1.54, 1.807) is 0 Å². The van der Waals surface area contributed by atoms with E-state index in [1.807, 2.05) is 0 Å². The minimum Gasteiger partial charge on any atom is -0.370 e. The van der Waals surface area contributed by atoms with E-state index in [1.165, 1.54) is 6.08 Å². The minimum atomic E-state index is -0.202. The van der Waals surface area contributed by atoms with Gasteiger partial charge in [0, 0.05) is 0 Å². The molecular weight excluding hydrogens is 208 g/mol. The van der Waals surface area contributed by atoms with Crippen LogP contribution in [0.25, 0.3) is 0 Å². The number of morpholine rings is 1. The van der Waals surface area contributed by atoms with Gasteiger partial charge < -0.3 is 19.3 Å². The molecule has 16 heavy (non-hydrogen) atoms. The van der Waals surface area contributed by atoms with Crippen molar-refractivity contribution in [2.75, 3.05) is 53.2 Å². The Labute approximate surface area is 96.6 Å². The molecule has 1 aliphatic heterocycles. The Morgan fingerprint density at radius 2 is 2.25 bits per heavy atom. The van der Waals surface area contributed by atoms with Crippen LogP contribution < -0.4 is 5.32 Å². The molecule has 1 saturated heterocycles. The molecule has 0 aromatic rings. The number of rotatable bonds is 6. The largest absolute Gasteiger partial charge is 0.370 e. The van der Waals surface area contributed by atoms with Crippen LogP contribution in [0, 0.1) is 0 Å². The highest BCUT2D eigenvalue weighted by Gasteiger charge is 2.24. The van der Waals surface area contributed by atoms with Crippen LogP contribution >= 0.6 is 0 Å². The highest BCUT2D eigenvalue weighted by atomic mass is 16.5. The fourth-order valence-corrected chi connectivity index (χ4v) is 1.56. The van der Waals surface area contributed by atoms with Crippen molar-refractivity contribution in [1.29, 1.82) is 0 Å². The predicted molar refractivity (Wildman–Crippen MR) is 60.8 cm³/mol. The fraction of sp³-hybridized carbons (Fsp3) is 0.727. The van der Waals surface area contributed by atoms with Gasteiger partial charge in [-0.25, -0.2) is 0 Å². The molecule has 0 bridgehead atoms. The van der Waals surface area contributed by atoms with Crippen molar-refractivity contribution < 1.29 is 18.8 Å². The summed E-state index contributed by atoms with van der Waals surface area (Å²) in [5.41, 5.74) is 0. The van der Waals surface area contributed by atoms with Crippen LogP contribution in [0.4, 0.5) is 0 Å². The molecule has 5 heteroatoms. The SMILES string of the molecule is C=CC(=O)NCOCC[N+]1(C)CCOCC1. The van der Waals surface area contributed by atoms with Crippen molar-refractivity contribution in [2.45, 2.75) is 0 Å². The summed E-state index contributed by atoms with van der Waals surface area (Å²) in [5, 5.41) is 2.57. The van der Waals surface area contributed by atoms with E-state index in [0.29, 0.717) is 6.61 Å². The van der Waals surface area contributed by atoms with Gasteiger partial charge in [-0.05, 0) is 6.08 Å². The molecule has 1 heterocycles. The number of amides is 1. The van der Waals surface area contributed by atoms with Crippen molar-refractivity contribution >= 4 is 5.91 Å². The molecule has 1 fully saturated rings. The first-order chi connectivity index (χ1) is 7.66. The van der Waals surface area contributed by atoms with E-state index in [-0.39, 0.29) is 12.6 Å². The standard InChI is InChI=1S/C11H20N2O3/c1-3-11(14)12-10-16-9-6-13(2)4-7-15-8-5-13/h3H,1,4-10H2,2H3/p+1. The second kappa shape index (κ2) is 6.62. The number of nitrogens with zero attached hydrogens (tertiary/aromatic N) is 1. The van der Waals surface area contributed by atoms with Crippen LogP contribution in [-0.2, 0) is 14.3 Å². The molecule has 0 unspecified atom stereocenters. The average Bonchev–Trinajstić information content (AvgIpc) is 2.29. The molecule has 1 aliphatic rings. The summed E-state index contributed by atoms with van der Waals surface area (Å²) in [6, 6.07) is 0. The first-order valence-electron chi connectivity index (χ1n) is 5.56. The molecule has 5 nitrogen and oxygen atoms in total. The lowest BCUT2D eigenvalue weighted by atomic mass is 10.3. The number of likely N-dealkylation sites (N-methyl/N-ethyl adjacent to an activating group) is 1. The lowest BCUT2D eigenvalue weighted by molar-refractivity contribution is -0.917. The number of hydrogen-bond acceptors (Lipinski definition) is 3. The fourth-order valence-electron chi connectivity index (χ4n) is 1.56. The quantitative estimate of drug-likeness (QED) is 0.295. The topological polar surface area (TPSA) is 47.6 Å². The molecule has 1 rings (SSSR count). The number of quaternary nitrogens is 1. The summed E-state index contributed by atoms with van der Waals surface area (Å²) in [7, 11) is 2.20. The Kier molecular flexibility index (Phi) is 5.45. The number of ether oxygens (including phenoxy) is 2. The molecule has 0 aliphatic carbocycles. The van der Waals surface area contributed by atoms with E-state index in [2.05, 4.69) is 18.9 Å². The minimum absolute atomic E-state index is 0.202.